The summed E-state index contributed by atoms with van der Waals surface area (Å²) in [5.74, 6) is -7.05. The number of esters is 3. The molecule has 436 valence electrons. The number of methoxy groups -OCH3 is 2. The molecule has 0 aliphatic carbocycles. The van der Waals surface area contributed by atoms with Crippen LogP contribution in [0, 0.1) is 18.3 Å². The lowest BCUT2D eigenvalue weighted by molar-refractivity contribution is -0.158. The second-order valence-electron chi connectivity index (χ2n) is 24.0. The van der Waals surface area contributed by atoms with Crippen molar-refractivity contribution in [1.82, 2.24) is 31.9 Å². The first kappa shape index (κ1) is 67.7. The highest BCUT2D eigenvalue weighted by Crippen LogP contribution is 2.22. The van der Waals surface area contributed by atoms with Crippen LogP contribution in [0.5, 0.6) is 0 Å². The van der Waals surface area contributed by atoms with Crippen LogP contribution in [0.25, 0.3) is 0 Å². The molecule has 2 aromatic rings. The average Bonchev–Trinajstić information content (AvgIpc) is 3.29. The molecule has 0 heterocycles. The van der Waals surface area contributed by atoms with Crippen molar-refractivity contribution in [2.45, 2.75) is 215 Å². The molecule has 2 rings (SSSR count). The number of carbonyl (C=O) groups is 9. The third-order valence-electron chi connectivity index (χ3n) is 11.6. The second kappa shape index (κ2) is 30.7. The minimum Gasteiger partial charge on any atom is -0.460 e. The quantitative estimate of drug-likeness (QED) is 0.0355. The summed E-state index contributed by atoms with van der Waals surface area (Å²) in [7, 11) is 2.92. The molecule has 0 aromatic heterocycles. The molecular weight excluding hydrogens is 1000 g/mol. The van der Waals surface area contributed by atoms with Crippen molar-refractivity contribution in [3.8, 4) is 0 Å². The summed E-state index contributed by atoms with van der Waals surface area (Å²) in [6.07, 6.45) is -2.58. The number of nitrogens with one attached hydrogen (secondary N) is 6. The van der Waals surface area contributed by atoms with E-state index in [1.807, 2.05) is 57.2 Å². The van der Waals surface area contributed by atoms with Crippen LogP contribution in [0.1, 0.15) is 152 Å². The van der Waals surface area contributed by atoms with Gasteiger partial charge in [0.2, 0.25) is 35.4 Å². The SMILES string of the molecule is COC(OC)[C@H](Cc1ccccc1)NC(=O)[C@H](CC(C)C)NC(=O)[C@@H](NC(=O)[C@H](Cc1ccccc1C)NC(=O)[C@H](CCC(=O)OC(C)(C)C)NC(=O)[C@H](CC(=O)OC(C)(C)C)NC(=O)CCC(=O)OC(C)(C)C)C(C)(C)C. The van der Waals surface area contributed by atoms with Crippen LogP contribution in [0.3, 0.4) is 0 Å². The van der Waals surface area contributed by atoms with E-state index in [9.17, 15) is 43.2 Å². The largest absolute Gasteiger partial charge is 0.460 e. The van der Waals surface area contributed by atoms with Gasteiger partial charge < -0.3 is 55.6 Å². The van der Waals surface area contributed by atoms with E-state index in [1.165, 1.54) is 14.2 Å². The predicted molar refractivity (Wildman–Crippen MR) is 294 cm³/mol. The third kappa shape index (κ3) is 26.3. The molecule has 0 bridgehead atoms. The molecule has 2 aromatic carbocycles. The zero-order chi connectivity index (χ0) is 59.3. The highest BCUT2D eigenvalue weighted by molar-refractivity contribution is 5.98. The zero-order valence-electron chi connectivity index (χ0n) is 49.2. The van der Waals surface area contributed by atoms with E-state index in [4.69, 9.17) is 23.7 Å². The zero-order valence-corrected chi connectivity index (χ0v) is 49.2. The third-order valence-corrected chi connectivity index (χ3v) is 11.6. The van der Waals surface area contributed by atoms with E-state index >= 15 is 0 Å². The molecule has 0 unspecified atom stereocenters. The molecule has 6 amide bonds. The van der Waals surface area contributed by atoms with Gasteiger partial charge in [-0.1, -0.05) is 89.2 Å². The fourth-order valence-electron chi connectivity index (χ4n) is 8.04. The highest BCUT2D eigenvalue weighted by atomic mass is 16.7. The van der Waals surface area contributed by atoms with Gasteiger partial charge in [-0.2, -0.15) is 0 Å². The monoisotopic (exact) mass is 1090 g/mol. The van der Waals surface area contributed by atoms with E-state index < -0.39 is 137 Å². The maximum atomic E-state index is 14.8. The van der Waals surface area contributed by atoms with Gasteiger partial charge in [0, 0.05) is 33.5 Å². The summed E-state index contributed by atoms with van der Waals surface area (Å²) >= 11 is 0. The van der Waals surface area contributed by atoms with Gasteiger partial charge in [-0.15, -0.1) is 0 Å². The van der Waals surface area contributed by atoms with Crippen LogP contribution in [0.15, 0.2) is 54.6 Å². The molecule has 20 heteroatoms. The average molecular weight is 1100 g/mol. The van der Waals surface area contributed by atoms with Crippen LogP contribution in [-0.4, -0.2) is 127 Å². The first-order valence-electron chi connectivity index (χ1n) is 26.6. The molecule has 0 spiro atoms. The van der Waals surface area contributed by atoms with E-state index in [1.54, 1.807) is 101 Å². The normalized spacial score (nSPS) is 14.3. The number of hydrogen-bond donors (Lipinski definition) is 6. The van der Waals surface area contributed by atoms with Gasteiger partial charge in [0.1, 0.15) is 47.0 Å². The van der Waals surface area contributed by atoms with Crippen molar-refractivity contribution in [1.29, 1.82) is 0 Å². The molecule has 6 N–H and O–H groups in total. The van der Waals surface area contributed by atoms with Crippen LogP contribution >= 0.6 is 0 Å². The van der Waals surface area contributed by atoms with Gasteiger partial charge >= 0.3 is 17.9 Å². The number of aryl methyl sites for hydroxylation is 1. The van der Waals surface area contributed by atoms with Crippen molar-refractivity contribution < 1.29 is 66.8 Å². The minimum absolute atomic E-state index is 0.0672. The molecule has 0 aliphatic heterocycles. The molecule has 0 saturated carbocycles. The summed E-state index contributed by atoms with van der Waals surface area (Å²) in [5, 5.41) is 16.5. The van der Waals surface area contributed by atoms with Crippen molar-refractivity contribution in [2.75, 3.05) is 14.2 Å². The summed E-state index contributed by atoms with van der Waals surface area (Å²) < 4.78 is 27.4. The Labute approximate surface area is 462 Å². The molecule has 6 atom stereocenters. The number of benzene rings is 2. The Morgan fingerprint density at radius 2 is 0.962 bits per heavy atom. The molecule has 0 radical (unpaired) electrons. The second-order valence-corrected chi connectivity index (χ2v) is 24.0. The van der Waals surface area contributed by atoms with Crippen molar-refractivity contribution in [3.63, 3.8) is 0 Å². The first-order chi connectivity index (χ1) is 36.0. The number of ether oxygens (including phenoxy) is 5. The van der Waals surface area contributed by atoms with Crippen molar-refractivity contribution >= 4 is 53.4 Å². The van der Waals surface area contributed by atoms with Crippen LogP contribution in [0.4, 0.5) is 0 Å². The Bertz CT molecular complexity index is 2330. The summed E-state index contributed by atoms with van der Waals surface area (Å²) in [6, 6.07) is 8.93. The van der Waals surface area contributed by atoms with Crippen LogP contribution < -0.4 is 31.9 Å². The van der Waals surface area contributed by atoms with Crippen molar-refractivity contribution in [3.05, 3.63) is 71.3 Å². The van der Waals surface area contributed by atoms with Gasteiger partial charge in [-0.25, -0.2) is 0 Å². The fraction of sp³-hybridized carbons (Fsp3) is 0.638. The highest BCUT2D eigenvalue weighted by Gasteiger charge is 2.39. The number of rotatable bonds is 28. The lowest BCUT2D eigenvalue weighted by atomic mass is 9.85. The van der Waals surface area contributed by atoms with E-state index in [2.05, 4.69) is 31.9 Å². The maximum Gasteiger partial charge on any atom is 0.308 e. The Balaban J connectivity index is 2.62. The van der Waals surface area contributed by atoms with Gasteiger partial charge in [0.25, 0.3) is 0 Å². The Morgan fingerprint density at radius 1 is 0.487 bits per heavy atom. The van der Waals surface area contributed by atoms with E-state index in [0.29, 0.717) is 12.0 Å². The predicted octanol–water partition coefficient (Wildman–Crippen LogP) is 5.38. The molecule has 0 saturated heterocycles. The molecular formula is C58H90N6O14. The number of hydrogen-bond acceptors (Lipinski definition) is 14. The smallest absolute Gasteiger partial charge is 0.308 e. The maximum absolute atomic E-state index is 14.8. The summed E-state index contributed by atoms with van der Waals surface area (Å²) in [6.45, 7) is 25.6. The molecule has 0 fully saturated rings. The lowest BCUT2D eigenvalue weighted by Gasteiger charge is -2.34. The Hall–Kier alpha value is -6.41. The topological polar surface area (TPSA) is 272 Å². The lowest BCUT2D eigenvalue weighted by Crippen LogP contribution is -2.62. The number of carbonyl (C=O) groups excluding carboxylic acids is 9. The van der Waals surface area contributed by atoms with Crippen LogP contribution in [0.2, 0.25) is 0 Å². The van der Waals surface area contributed by atoms with E-state index in [0.717, 1.165) is 11.1 Å². The van der Waals surface area contributed by atoms with Gasteiger partial charge in [-0.3, -0.25) is 43.2 Å². The molecule has 78 heavy (non-hydrogen) atoms. The van der Waals surface area contributed by atoms with Gasteiger partial charge in [0.15, 0.2) is 6.29 Å². The van der Waals surface area contributed by atoms with Gasteiger partial charge in [0.05, 0.1) is 18.9 Å². The Kier molecular flexibility index (Phi) is 26.6. The fourth-order valence-corrected chi connectivity index (χ4v) is 8.04. The van der Waals surface area contributed by atoms with E-state index in [-0.39, 0.29) is 31.6 Å². The summed E-state index contributed by atoms with van der Waals surface area (Å²) in [4.78, 5) is 125. The van der Waals surface area contributed by atoms with Crippen LogP contribution in [-0.2, 0) is 79.7 Å². The number of amides is 6. The Morgan fingerprint density at radius 3 is 1.49 bits per heavy atom. The van der Waals surface area contributed by atoms with Gasteiger partial charge in [-0.05, 0) is 117 Å². The minimum atomic E-state index is -1.64. The molecule has 0 aliphatic rings. The first-order valence-corrected chi connectivity index (χ1v) is 26.6. The standard InChI is InChI=1S/C58H90N6O14/c1-35(2)31-40(50(70)63-43(54(74-16)75-17)32-37-24-19-18-20-25-37)62-53(73)48(55(4,5)6)64-52(72)41(33-38-26-22-21-23-36(38)3)61-49(69)39(27-29-45(66)76-56(7,8)9)60-51(71)42(34-47(68)78-58(13,14)15)59-44(65)28-30-46(67)77-57(10,11)12/h18-26,35,39-43,48,54H,27-34H2,1-17H3,(H,59,65)(H,60,71)(H,61,69)(H,62,73)(H,63,70)(H,64,72)/t39-,40-,41-,42-,43-,48+/m0/s1. The molecule has 20 nitrogen and oxygen atoms in total. The summed E-state index contributed by atoms with van der Waals surface area (Å²) in [5.41, 5.74) is -1.36. The van der Waals surface area contributed by atoms with Crippen molar-refractivity contribution in [2.24, 2.45) is 11.3 Å².